The van der Waals surface area contributed by atoms with Gasteiger partial charge in [-0.15, -0.1) is 0 Å². The van der Waals surface area contributed by atoms with E-state index in [1.165, 1.54) is 0 Å². The van der Waals surface area contributed by atoms with Crippen molar-refractivity contribution in [2.45, 2.75) is 20.3 Å². The van der Waals surface area contributed by atoms with Gasteiger partial charge in [0.2, 0.25) is 0 Å². The third-order valence-corrected chi connectivity index (χ3v) is 2.89. The van der Waals surface area contributed by atoms with Gasteiger partial charge >= 0.3 is 5.97 Å². The molecular weight excluding hydrogens is 220 g/mol. The molecule has 100 valence electrons. The summed E-state index contributed by atoms with van der Waals surface area (Å²) in [4.78, 5) is 20.3. The zero-order valence-corrected chi connectivity index (χ0v) is 10.8. The zero-order chi connectivity index (χ0) is 12.7. The molecule has 3 N–H and O–H groups in total. The van der Waals surface area contributed by atoms with Crippen LogP contribution >= 0.6 is 0 Å². The lowest BCUT2D eigenvalue weighted by atomic mass is 10.2. The molecule has 1 heterocycles. The molecule has 0 atom stereocenters. The van der Waals surface area contributed by atoms with Crippen LogP contribution in [0.25, 0.3) is 0 Å². The highest BCUT2D eigenvalue weighted by atomic mass is 16.7. The summed E-state index contributed by atoms with van der Waals surface area (Å²) in [5.74, 6) is 5.30. The average Bonchev–Trinajstić information content (AvgIpc) is 2.28. The number of rotatable bonds is 6. The second-order valence-electron chi connectivity index (χ2n) is 4.88. The highest BCUT2D eigenvalue weighted by Crippen LogP contribution is 2.05. The SMILES string of the molecule is CC(C)CN1CCN(CCC(=O)ONN)CC1. The van der Waals surface area contributed by atoms with Gasteiger partial charge in [0.25, 0.3) is 0 Å². The Balaban J connectivity index is 2.12. The lowest BCUT2D eigenvalue weighted by Crippen LogP contribution is -2.47. The maximum atomic E-state index is 11.1. The average molecular weight is 244 g/mol. The molecule has 0 aromatic carbocycles. The first-order valence-electron chi connectivity index (χ1n) is 6.21. The molecule has 0 bridgehead atoms. The van der Waals surface area contributed by atoms with Crippen LogP contribution in [0.2, 0.25) is 0 Å². The molecule has 17 heavy (non-hydrogen) atoms. The van der Waals surface area contributed by atoms with Crippen molar-refractivity contribution in [2.24, 2.45) is 11.8 Å². The second kappa shape index (κ2) is 7.60. The van der Waals surface area contributed by atoms with E-state index < -0.39 is 0 Å². The number of nitrogens with two attached hydrogens (primary N) is 1. The van der Waals surface area contributed by atoms with Crippen LogP contribution in [0.4, 0.5) is 0 Å². The Labute approximate surface area is 103 Å². The summed E-state index contributed by atoms with van der Waals surface area (Å²) in [6, 6.07) is 0. The van der Waals surface area contributed by atoms with Crippen LogP contribution < -0.4 is 11.4 Å². The van der Waals surface area contributed by atoms with Crippen LogP contribution in [0.1, 0.15) is 20.3 Å². The Morgan fingerprint density at radius 2 is 1.88 bits per heavy atom. The molecule has 0 aliphatic carbocycles. The maximum absolute atomic E-state index is 11.1. The number of carbonyl (C=O) groups is 1. The third kappa shape index (κ3) is 5.97. The van der Waals surface area contributed by atoms with Crippen LogP contribution in [-0.4, -0.2) is 55.0 Å². The van der Waals surface area contributed by atoms with Gasteiger partial charge in [-0.1, -0.05) is 19.4 Å². The summed E-state index contributed by atoms with van der Waals surface area (Å²) in [5, 5.41) is 0. The van der Waals surface area contributed by atoms with Crippen LogP contribution in [0, 0.1) is 5.92 Å². The predicted octanol–water partition coefficient (Wildman–Crippen LogP) is -0.428. The number of carbonyl (C=O) groups excluding carboxylic acids is 1. The molecule has 0 saturated carbocycles. The molecule has 1 aliphatic heterocycles. The summed E-state index contributed by atoms with van der Waals surface area (Å²) in [7, 11) is 0. The first kappa shape index (κ1) is 14.4. The Hall–Kier alpha value is -0.690. The monoisotopic (exact) mass is 244 g/mol. The highest BCUT2D eigenvalue weighted by molar-refractivity contribution is 5.69. The van der Waals surface area contributed by atoms with E-state index in [2.05, 4.69) is 28.5 Å². The van der Waals surface area contributed by atoms with E-state index in [9.17, 15) is 4.79 Å². The lowest BCUT2D eigenvalue weighted by Gasteiger charge is -2.35. The van der Waals surface area contributed by atoms with Crippen molar-refractivity contribution in [2.75, 3.05) is 39.3 Å². The fourth-order valence-corrected chi connectivity index (χ4v) is 2.08. The standard InChI is InChI=1S/C11H24N4O2/c1-10(2)9-15-7-5-14(6-8-15)4-3-11(16)17-13-12/h10,13H,3-9,12H2,1-2H3. The van der Waals surface area contributed by atoms with Gasteiger partial charge in [-0.2, -0.15) is 0 Å². The van der Waals surface area contributed by atoms with Crippen molar-refractivity contribution in [1.82, 2.24) is 15.4 Å². The predicted molar refractivity (Wildman–Crippen MR) is 65.8 cm³/mol. The lowest BCUT2D eigenvalue weighted by molar-refractivity contribution is -0.151. The minimum absolute atomic E-state index is 0.308. The van der Waals surface area contributed by atoms with E-state index in [0.717, 1.165) is 39.3 Å². The van der Waals surface area contributed by atoms with Gasteiger partial charge in [0.05, 0.1) is 6.42 Å². The maximum Gasteiger partial charge on any atom is 0.327 e. The number of nitrogens with one attached hydrogen (secondary N) is 1. The van der Waals surface area contributed by atoms with Crippen LogP contribution in [-0.2, 0) is 9.63 Å². The second-order valence-corrected chi connectivity index (χ2v) is 4.88. The van der Waals surface area contributed by atoms with Crippen LogP contribution in [0.15, 0.2) is 0 Å². The normalized spacial score (nSPS) is 18.6. The Morgan fingerprint density at radius 3 is 2.41 bits per heavy atom. The molecular formula is C11H24N4O2. The first-order valence-corrected chi connectivity index (χ1v) is 6.21. The summed E-state index contributed by atoms with van der Waals surface area (Å²) >= 11 is 0. The van der Waals surface area contributed by atoms with Gasteiger partial charge in [-0.3, -0.25) is 4.79 Å². The molecule has 6 heteroatoms. The molecule has 0 unspecified atom stereocenters. The van der Waals surface area contributed by atoms with E-state index in [0.29, 0.717) is 12.3 Å². The topological polar surface area (TPSA) is 70.8 Å². The van der Waals surface area contributed by atoms with Crippen molar-refractivity contribution < 1.29 is 9.63 Å². The summed E-state index contributed by atoms with van der Waals surface area (Å²) in [6.07, 6.45) is 0.383. The van der Waals surface area contributed by atoms with E-state index >= 15 is 0 Å². The molecule has 0 amide bonds. The Morgan fingerprint density at radius 1 is 1.29 bits per heavy atom. The van der Waals surface area contributed by atoms with Crippen LogP contribution in [0.5, 0.6) is 0 Å². The largest absolute Gasteiger partial charge is 0.356 e. The van der Waals surface area contributed by atoms with E-state index in [4.69, 9.17) is 5.84 Å². The first-order chi connectivity index (χ1) is 8.11. The molecule has 1 saturated heterocycles. The van der Waals surface area contributed by atoms with Crippen molar-refractivity contribution >= 4 is 5.97 Å². The van der Waals surface area contributed by atoms with Gasteiger partial charge in [-0.25, -0.2) is 5.84 Å². The number of hydrogen-bond acceptors (Lipinski definition) is 6. The van der Waals surface area contributed by atoms with Gasteiger partial charge in [0.1, 0.15) is 0 Å². The molecule has 0 spiro atoms. The molecule has 1 rings (SSSR count). The van der Waals surface area contributed by atoms with Crippen molar-refractivity contribution in [3.63, 3.8) is 0 Å². The van der Waals surface area contributed by atoms with Gasteiger partial charge in [0, 0.05) is 39.3 Å². The molecule has 6 nitrogen and oxygen atoms in total. The molecule has 0 radical (unpaired) electrons. The van der Waals surface area contributed by atoms with Gasteiger partial charge < -0.3 is 14.6 Å². The Bertz CT molecular complexity index is 228. The van der Waals surface area contributed by atoms with Crippen molar-refractivity contribution in [3.05, 3.63) is 0 Å². The van der Waals surface area contributed by atoms with E-state index in [1.807, 2.05) is 5.59 Å². The Kier molecular flexibility index (Phi) is 6.43. The van der Waals surface area contributed by atoms with Gasteiger partial charge in [-0.05, 0) is 5.92 Å². The fourth-order valence-electron chi connectivity index (χ4n) is 2.08. The van der Waals surface area contributed by atoms with Crippen molar-refractivity contribution in [1.29, 1.82) is 0 Å². The zero-order valence-electron chi connectivity index (χ0n) is 10.8. The molecule has 0 aromatic rings. The quantitative estimate of drug-likeness (QED) is 0.488. The fraction of sp³-hybridized carbons (Fsp3) is 0.909. The summed E-state index contributed by atoms with van der Waals surface area (Å²) < 4.78 is 0. The number of piperazine rings is 1. The molecule has 1 fully saturated rings. The number of nitrogens with zero attached hydrogens (tertiary/aromatic N) is 2. The summed E-state index contributed by atoms with van der Waals surface area (Å²) in [6.45, 7) is 10.6. The van der Waals surface area contributed by atoms with E-state index in [-0.39, 0.29) is 5.97 Å². The number of hydrazine groups is 1. The molecule has 0 aromatic heterocycles. The minimum atomic E-state index is -0.308. The third-order valence-electron chi connectivity index (χ3n) is 2.89. The highest BCUT2D eigenvalue weighted by Gasteiger charge is 2.18. The smallest absolute Gasteiger partial charge is 0.327 e. The minimum Gasteiger partial charge on any atom is -0.356 e. The number of hydrogen-bond donors (Lipinski definition) is 2. The molecule has 1 aliphatic rings. The van der Waals surface area contributed by atoms with E-state index in [1.54, 1.807) is 0 Å². The van der Waals surface area contributed by atoms with Crippen molar-refractivity contribution in [3.8, 4) is 0 Å². The van der Waals surface area contributed by atoms with Crippen LogP contribution in [0.3, 0.4) is 0 Å². The van der Waals surface area contributed by atoms with Gasteiger partial charge in [0.15, 0.2) is 0 Å². The summed E-state index contributed by atoms with van der Waals surface area (Å²) in [5.41, 5.74) is 1.91.